The lowest BCUT2D eigenvalue weighted by molar-refractivity contribution is -0.139. The summed E-state index contributed by atoms with van der Waals surface area (Å²) in [6.07, 6.45) is 3.35. The number of anilines is 2. The van der Waals surface area contributed by atoms with Gasteiger partial charge in [-0.2, -0.15) is 0 Å². The number of aliphatic imine (C=N–C) groups is 2. The van der Waals surface area contributed by atoms with Crippen molar-refractivity contribution >= 4 is 81.7 Å². The van der Waals surface area contributed by atoms with E-state index in [2.05, 4.69) is 30.4 Å². The number of carbonyl (C=O) groups is 6. The number of nitrogens with zero attached hydrogens (tertiary/aromatic N) is 10. The third-order valence-corrected chi connectivity index (χ3v) is 18.5. The average Bonchev–Trinajstić information content (AvgIpc) is 1.56. The van der Waals surface area contributed by atoms with Gasteiger partial charge < -0.3 is 40.1 Å². The van der Waals surface area contributed by atoms with Crippen LogP contribution in [0, 0.1) is 25.5 Å². The van der Waals surface area contributed by atoms with Crippen molar-refractivity contribution in [2.24, 2.45) is 9.98 Å². The van der Waals surface area contributed by atoms with Crippen molar-refractivity contribution in [1.29, 1.82) is 0 Å². The predicted molar refractivity (Wildman–Crippen MR) is 334 cm³/mol. The highest BCUT2D eigenvalue weighted by Crippen LogP contribution is 2.41. The number of halogens is 2. The monoisotopic (exact) mass is 1260 g/mol. The van der Waals surface area contributed by atoms with Gasteiger partial charge in [0, 0.05) is 98.3 Å². The molecule has 0 radical (unpaired) electrons. The molecule has 6 aliphatic rings. The van der Waals surface area contributed by atoms with Gasteiger partial charge in [0.2, 0.25) is 0 Å². The third-order valence-electron chi connectivity index (χ3n) is 16.9. The number of fused-ring (bicyclic) bond motifs is 2. The lowest BCUT2D eigenvalue weighted by Gasteiger charge is -2.44. The zero-order valence-corrected chi connectivity index (χ0v) is 51.9. The molecular formula is C64H66F2N12O10S2. The minimum atomic E-state index is -1.06. The van der Waals surface area contributed by atoms with Gasteiger partial charge in [-0.05, 0) is 118 Å². The molecule has 6 aromatic rings. The maximum Gasteiger partial charge on any atom is 0.338 e. The first kappa shape index (κ1) is 62.4. The average molecular weight is 1270 g/mol. The van der Waals surface area contributed by atoms with Crippen LogP contribution in [0.3, 0.4) is 0 Å². The molecule has 6 aliphatic heterocycles. The number of ether oxygens (including phenoxy) is 2. The summed E-state index contributed by atoms with van der Waals surface area (Å²) in [5.74, 6) is -2.98. The molecule has 4 N–H and O–H groups in total. The molecule has 26 heteroatoms. The molecule has 4 amide bonds. The number of benzene rings is 4. The van der Waals surface area contributed by atoms with Crippen LogP contribution in [0.25, 0.3) is 0 Å². The third kappa shape index (κ3) is 12.3. The summed E-state index contributed by atoms with van der Waals surface area (Å²) in [6.45, 7) is 15.5. The molecule has 468 valence electrons. The Morgan fingerprint density at radius 3 is 1.47 bits per heavy atom. The van der Waals surface area contributed by atoms with Crippen LogP contribution >= 0.6 is 22.7 Å². The SMILES string of the molecule is CCOC(=O)C1=C(CN2CCN3C(=O)N(c4ccc(C(=O)O)cc4)CC3(C)C2)NC(c2nccs2)=NC1c1cccc(F)c1C.CCOC(=O)C1=C(CN2CCN3C(=O)N(c4cccc(C(=O)O)c4)CC3(C)C2)NC(c2nccs2)=NC1c1cccc(F)c1C. The van der Waals surface area contributed by atoms with Crippen molar-refractivity contribution in [3.63, 3.8) is 0 Å². The van der Waals surface area contributed by atoms with Gasteiger partial charge in [-0.1, -0.05) is 30.3 Å². The second-order valence-corrected chi connectivity index (χ2v) is 24.8. The Hall–Kier alpha value is -9.24. The van der Waals surface area contributed by atoms with Crippen LogP contribution in [0.15, 0.2) is 141 Å². The molecule has 4 unspecified atom stereocenters. The minimum absolute atomic E-state index is 0.111. The van der Waals surface area contributed by atoms with Crippen LogP contribution < -0.4 is 20.4 Å². The Morgan fingerprint density at radius 1 is 0.600 bits per heavy atom. The molecule has 2 aromatic heterocycles. The van der Waals surface area contributed by atoms with Gasteiger partial charge in [0.25, 0.3) is 0 Å². The number of esters is 2. The fraction of sp³-hybridized carbons (Fsp3) is 0.344. The van der Waals surface area contributed by atoms with E-state index in [4.69, 9.17) is 19.5 Å². The summed E-state index contributed by atoms with van der Waals surface area (Å²) in [4.78, 5) is 107. The van der Waals surface area contributed by atoms with E-state index in [1.807, 2.05) is 34.4 Å². The molecular weight excluding hydrogens is 1200 g/mol. The largest absolute Gasteiger partial charge is 0.478 e. The zero-order valence-electron chi connectivity index (χ0n) is 50.2. The van der Waals surface area contributed by atoms with Gasteiger partial charge in [0.1, 0.15) is 23.7 Å². The topological polar surface area (TPSA) is 255 Å². The molecule has 0 aliphatic carbocycles. The number of rotatable bonds is 16. The number of carbonyl (C=O) groups excluding carboxylic acids is 4. The van der Waals surface area contributed by atoms with Crippen molar-refractivity contribution in [1.82, 2.24) is 40.2 Å². The number of hydrogen-bond donors (Lipinski definition) is 4. The van der Waals surface area contributed by atoms with Crippen LogP contribution in [-0.4, -0.2) is 177 Å². The summed E-state index contributed by atoms with van der Waals surface area (Å²) in [5, 5.41) is 30.4. The van der Waals surface area contributed by atoms with E-state index in [-0.39, 0.29) is 42.2 Å². The Kier molecular flexibility index (Phi) is 17.8. The van der Waals surface area contributed by atoms with Gasteiger partial charge in [0.05, 0.1) is 59.7 Å². The van der Waals surface area contributed by atoms with Gasteiger partial charge in [-0.25, -0.2) is 47.5 Å². The molecule has 4 aromatic carbocycles. The van der Waals surface area contributed by atoms with Crippen molar-refractivity contribution in [2.75, 3.05) is 88.5 Å². The normalized spacial score (nSPS) is 21.8. The molecule has 12 rings (SSSR count). The number of hydrogen-bond acceptors (Lipinski definition) is 18. The highest BCUT2D eigenvalue weighted by Gasteiger charge is 2.52. The predicted octanol–water partition coefficient (Wildman–Crippen LogP) is 8.43. The number of aromatic carboxylic acids is 2. The smallest absolute Gasteiger partial charge is 0.338 e. The van der Waals surface area contributed by atoms with Crippen LogP contribution in [0.1, 0.15) is 92.8 Å². The van der Waals surface area contributed by atoms with Crippen molar-refractivity contribution in [3.05, 3.63) is 186 Å². The number of aromatic nitrogens is 2. The van der Waals surface area contributed by atoms with Crippen molar-refractivity contribution in [2.45, 2.75) is 64.7 Å². The first-order chi connectivity index (χ1) is 43.2. The first-order valence-electron chi connectivity index (χ1n) is 29.3. The van der Waals surface area contributed by atoms with E-state index in [9.17, 15) is 47.8 Å². The van der Waals surface area contributed by atoms with Gasteiger partial charge in [-0.3, -0.25) is 29.6 Å². The number of urea groups is 2. The number of amides is 4. The van der Waals surface area contributed by atoms with Crippen LogP contribution in [0.2, 0.25) is 0 Å². The highest BCUT2D eigenvalue weighted by atomic mass is 32.1. The van der Waals surface area contributed by atoms with Gasteiger partial charge in [0.15, 0.2) is 21.7 Å². The number of nitrogens with one attached hydrogen (secondary N) is 2. The lowest BCUT2D eigenvalue weighted by Crippen LogP contribution is -2.60. The van der Waals surface area contributed by atoms with Gasteiger partial charge >= 0.3 is 35.9 Å². The fourth-order valence-corrected chi connectivity index (χ4v) is 13.8. The summed E-state index contributed by atoms with van der Waals surface area (Å²) in [7, 11) is 0. The van der Waals surface area contributed by atoms with Crippen molar-refractivity contribution < 1.29 is 57.2 Å². The van der Waals surface area contributed by atoms with Crippen LogP contribution in [0.5, 0.6) is 0 Å². The number of amidine groups is 2. The second-order valence-electron chi connectivity index (χ2n) is 23.0. The summed E-state index contributed by atoms with van der Waals surface area (Å²) >= 11 is 2.80. The Bertz CT molecular complexity index is 3940. The first-order valence-corrected chi connectivity index (χ1v) is 31.0. The van der Waals surface area contributed by atoms with E-state index in [0.29, 0.717) is 143 Å². The minimum Gasteiger partial charge on any atom is -0.478 e. The number of piperazine rings is 2. The van der Waals surface area contributed by atoms with Crippen LogP contribution in [0.4, 0.5) is 29.7 Å². The Labute approximate surface area is 525 Å². The number of thiazole rings is 2. The molecule has 22 nitrogen and oxygen atoms in total. The van der Waals surface area contributed by atoms with Gasteiger partial charge in [-0.15, -0.1) is 22.7 Å². The molecule has 0 bridgehead atoms. The lowest BCUT2D eigenvalue weighted by atomic mass is 9.91. The number of carboxylic acid groups (broad SMARTS) is 2. The van der Waals surface area contributed by atoms with E-state index < -0.39 is 52.9 Å². The molecule has 0 saturated carbocycles. The molecule has 4 saturated heterocycles. The Morgan fingerprint density at radius 2 is 1.04 bits per heavy atom. The summed E-state index contributed by atoms with van der Waals surface area (Å²) < 4.78 is 40.6. The van der Waals surface area contributed by atoms with Crippen LogP contribution in [-0.2, 0) is 19.1 Å². The number of carboxylic acids is 2. The highest BCUT2D eigenvalue weighted by molar-refractivity contribution is 7.12. The molecule has 4 atom stereocenters. The molecule has 0 spiro atoms. The molecule has 4 fully saturated rings. The zero-order chi connectivity index (χ0) is 63.8. The van der Waals surface area contributed by atoms with E-state index in [1.54, 1.807) is 98.4 Å². The second kappa shape index (κ2) is 25.7. The summed E-state index contributed by atoms with van der Waals surface area (Å²) in [5.41, 5.74) is 3.97. The standard InChI is InChI=1S/2C32H33FN6O5S/c1-4-44-30(42)25-24(35-27(28-34-11-14-45-28)36-26(25)22-9-6-10-23(33)19(22)2)16-37-12-13-39-31(43)38(18-32(39,3)17-37)21-8-5-7-20(15-21)29(40)41;1-4-44-30(42)25-24(35-27(28-34-12-15-45-28)36-26(25)22-6-5-7-23(33)19(22)2)16-37-13-14-39-31(43)38(18-32(39,3)17-37)21-10-8-20(9-11-21)29(40)41/h5-11,14-15,26H,4,12-13,16-18H2,1-3H3,(H,35,36)(H,40,41);5-12,15,26H,4,13-14,16-18H2,1-3H3,(H,35,36)(H,40,41). The van der Waals surface area contributed by atoms with E-state index in [0.717, 1.165) is 0 Å². The molecule has 8 heterocycles. The fourth-order valence-electron chi connectivity index (χ4n) is 12.6. The molecule has 90 heavy (non-hydrogen) atoms. The van der Waals surface area contributed by atoms with Crippen molar-refractivity contribution in [3.8, 4) is 0 Å². The maximum absolute atomic E-state index is 14.8. The summed E-state index contributed by atoms with van der Waals surface area (Å²) in [6, 6.07) is 20.2. The Balaban J connectivity index is 0.000000185. The maximum atomic E-state index is 14.8. The van der Waals surface area contributed by atoms with E-state index >= 15 is 0 Å². The van der Waals surface area contributed by atoms with E-state index in [1.165, 1.54) is 59.1 Å². The quantitative estimate of drug-likeness (QED) is 0.0663.